The Labute approximate surface area is 103 Å². The number of nitrogens with zero attached hydrogens (tertiary/aromatic N) is 3. The predicted molar refractivity (Wildman–Crippen MR) is 66.7 cm³/mol. The quantitative estimate of drug-likeness (QED) is 0.938. The van der Waals surface area contributed by atoms with Crippen molar-refractivity contribution in [3.8, 4) is 11.3 Å². The van der Waals surface area contributed by atoms with Crippen molar-refractivity contribution in [1.82, 2.24) is 15.0 Å². The van der Waals surface area contributed by atoms with Gasteiger partial charge in [-0.3, -0.25) is 0 Å². The third-order valence-corrected chi connectivity index (χ3v) is 3.15. The lowest BCUT2D eigenvalue weighted by Crippen LogP contribution is -2.08. The summed E-state index contributed by atoms with van der Waals surface area (Å²) in [4.78, 5) is 0. The van der Waals surface area contributed by atoms with Gasteiger partial charge < -0.3 is 5.73 Å². The summed E-state index contributed by atoms with van der Waals surface area (Å²) in [5, 5.41) is 8.28. The van der Waals surface area contributed by atoms with Crippen LogP contribution in [0.1, 0.15) is 12.6 Å². The number of hydrogen-bond acceptors (Lipinski definition) is 3. The number of halogens is 1. The van der Waals surface area contributed by atoms with Crippen LogP contribution < -0.4 is 5.73 Å². The van der Waals surface area contributed by atoms with Crippen LogP contribution in [0.15, 0.2) is 28.7 Å². The Bertz CT molecular complexity index is 492. The van der Waals surface area contributed by atoms with E-state index in [-0.39, 0.29) is 0 Å². The molecule has 2 N–H and O–H groups in total. The van der Waals surface area contributed by atoms with Gasteiger partial charge in [0.15, 0.2) is 0 Å². The van der Waals surface area contributed by atoms with Crippen LogP contribution in [0.4, 0.5) is 0 Å². The van der Waals surface area contributed by atoms with Gasteiger partial charge in [-0.1, -0.05) is 39.3 Å². The Balaban J connectivity index is 2.56. The van der Waals surface area contributed by atoms with Gasteiger partial charge in [-0.25, -0.2) is 4.68 Å². The first-order valence-corrected chi connectivity index (χ1v) is 5.94. The minimum Gasteiger partial charge on any atom is -0.325 e. The molecule has 16 heavy (non-hydrogen) atoms. The second kappa shape index (κ2) is 4.76. The smallest absolute Gasteiger partial charge is 0.118 e. The van der Waals surface area contributed by atoms with Crippen molar-refractivity contribution in [3.05, 3.63) is 34.4 Å². The summed E-state index contributed by atoms with van der Waals surface area (Å²) in [6.45, 7) is 3.25. The molecule has 2 rings (SSSR count). The van der Waals surface area contributed by atoms with Crippen LogP contribution in [-0.2, 0) is 13.1 Å². The summed E-state index contributed by atoms with van der Waals surface area (Å²) in [7, 11) is 0. The van der Waals surface area contributed by atoms with Crippen LogP contribution in [0.25, 0.3) is 11.3 Å². The van der Waals surface area contributed by atoms with Gasteiger partial charge in [-0.15, -0.1) is 5.10 Å². The lowest BCUT2D eigenvalue weighted by atomic mass is 10.1. The maximum atomic E-state index is 5.74. The van der Waals surface area contributed by atoms with Gasteiger partial charge in [0.25, 0.3) is 0 Å². The fourth-order valence-electron chi connectivity index (χ4n) is 1.65. The van der Waals surface area contributed by atoms with E-state index in [1.54, 1.807) is 0 Å². The highest BCUT2D eigenvalue weighted by molar-refractivity contribution is 9.10. The van der Waals surface area contributed by atoms with E-state index in [2.05, 4.69) is 26.2 Å². The summed E-state index contributed by atoms with van der Waals surface area (Å²) in [6, 6.07) is 7.94. The topological polar surface area (TPSA) is 56.7 Å². The predicted octanol–water partition coefficient (Wildman–Crippen LogP) is 2.19. The molecule has 0 fully saturated rings. The molecule has 0 aliphatic rings. The highest BCUT2D eigenvalue weighted by atomic mass is 79.9. The van der Waals surface area contributed by atoms with Gasteiger partial charge in [0, 0.05) is 23.1 Å². The van der Waals surface area contributed by atoms with Crippen molar-refractivity contribution in [1.29, 1.82) is 0 Å². The van der Waals surface area contributed by atoms with E-state index in [0.717, 1.165) is 28.0 Å². The van der Waals surface area contributed by atoms with Crippen molar-refractivity contribution in [2.45, 2.75) is 20.0 Å². The van der Waals surface area contributed by atoms with Crippen molar-refractivity contribution in [3.63, 3.8) is 0 Å². The molecule has 0 spiro atoms. The Morgan fingerprint density at radius 3 is 2.75 bits per heavy atom. The second-order valence-corrected chi connectivity index (χ2v) is 4.24. The number of aryl methyl sites for hydroxylation is 1. The maximum absolute atomic E-state index is 5.74. The molecule has 0 saturated heterocycles. The summed E-state index contributed by atoms with van der Waals surface area (Å²) in [5.74, 6) is 0. The molecular formula is C11H13BrN4. The fraction of sp³-hybridized carbons (Fsp3) is 0.273. The molecule has 0 amide bonds. The van der Waals surface area contributed by atoms with E-state index in [1.165, 1.54) is 0 Å². The number of benzene rings is 1. The first kappa shape index (κ1) is 11.3. The molecule has 84 valence electrons. The average molecular weight is 281 g/mol. The van der Waals surface area contributed by atoms with Crippen LogP contribution >= 0.6 is 15.9 Å². The van der Waals surface area contributed by atoms with E-state index >= 15 is 0 Å². The monoisotopic (exact) mass is 280 g/mol. The molecule has 0 aliphatic heterocycles. The van der Waals surface area contributed by atoms with Crippen molar-refractivity contribution >= 4 is 15.9 Å². The number of aromatic nitrogens is 3. The van der Waals surface area contributed by atoms with Crippen molar-refractivity contribution < 1.29 is 0 Å². The molecule has 0 aliphatic carbocycles. The molecule has 0 radical (unpaired) electrons. The lowest BCUT2D eigenvalue weighted by Gasteiger charge is -2.04. The summed E-state index contributed by atoms with van der Waals surface area (Å²) in [6.07, 6.45) is 0. The highest BCUT2D eigenvalue weighted by Crippen LogP contribution is 2.28. The third kappa shape index (κ3) is 1.88. The Morgan fingerprint density at radius 1 is 1.38 bits per heavy atom. The Kier molecular flexibility index (Phi) is 3.36. The molecule has 0 atom stereocenters. The molecule has 0 saturated carbocycles. The van der Waals surface area contributed by atoms with Crippen molar-refractivity contribution in [2.75, 3.05) is 0 Å². The molecule has 5 heteroatoms. The van der Waals surface area contributed by atoms with E-state index in [0.29, 0.717) is 6.54 Å². The van der Waals surface area contributed by atoms with Gasteiger partial charge >= 0.3 is 0 Å². The molecular weight excluding hydrogens is 268 g/mol. The molecule has 2 aromatic rings. The number of nitrogens with two attached hydrogens (primary N) is 1. The van der Waals surface area contributed by atoms with Crippen molar-refractivity contribution in [2.24, 2.45) is 5.73 Å². The van der Waals surface area contributed by atoms with E-state index < -0.39 is 0 Å². The zero-order chi connectivity index (χ0) is 11.5. The third-order valence-electron chi connectivity index (χ3n) is 2.46. The van der Waals surface area contributed by atoms with Gasteiger partial charge in [-0.05, 0) is 13.0 Å². The van der Waals surface area contributed by atoms with Gasteiger partial charge in [0.05, 0.1) is 5.69 Å². The van der Waals surface area contributed by atoms with Crippen LogP contribution in [-0.4, -0.2) is 15.0 Å². The summed E-state index contributed by atoms with van der Waals surface area (Å²) >= 11 is 3.51. The molecule has 1 heterocycles. The molecule has 1 aromatic heterocycles. The van der Waals surface area contributed by atoms with E-state index in [1.807, 2.05) is 35.9 Å². The van der Waals surface area contributed by atoms with Crippen LogP contribution in [0.2, 0.25) is 0 Å². The largest absolute Gasteiger partial charge is 0.325 e. The minimum absolute atomic E-state index is 0.442. The van der Waals surface area contributed by atoms with Crippen LogP contribution in [0, 0.1) is 0 Å². The first-order valence-electron chi connectivity index (χ1n) is 5.15. The molecule has 1 aromatic carbocycles. The first-order chi connectivity index (χ1) is 7.77. The SMILES string of the molecule is CCn1nnc(-c2ccccc2Br)c1CN. The van der Waals surface area contributed by atoms with Gasteiger partial charge in [-0.2, -0.15) is 0 Å². The minimum atomic E-state index is 0.442. The van der Waals surface area contributed by atoms with Crippen LogP contribution in [0.3, 0.4) is 0 Å². The lowest BCUT2D eigenvalue weighted by molar-refractivity contribution is 0.598. The maximum Gasteiger partial charge on any atom is 0.118 e. The highest BCUT2D eigenvalue weighted by Gasteiger charge is 2.14. The normalized spacial score (nSPS) is 10.7. The average Bonchev–Trinajstić information content (AvgIpc) is 2.72. The Morgan fingerprint density at radius 2 is 2.12 bits per heavy atom. The van der Waals surface area contributed by atoms with Crippen LogP contribution in [0.5, 0.6) is 0 Å². The molecule has 0 unspecified atom stereocenters. The fourth-order valence-corrected chi connectivity index (χ4v) is 2.12. The molecule has 0 bridgehead atoms. The number of hydrogen-bond donors (Lipinski definition) is 1. The molecule has 4 nitrogen and oxygen atoms in total. The van der Waals surface area contributed by atoms with E-state index in [9.17, 15) is 0 Å². The zero-order valence-electron chi connectivity index (χ0n) is 9.02. The number of rotatable bonds is 3. The standard InChI is InChI=1S/C11H13BrN4/c1-2-16-10(7-13)11(14-15-16)8-5-3-4-6-9(8)12/h3-6H,2,7,13H2,1H3. The summed E-state index contributed by atoms with van der Waals surface area (Å²) < 4.78 is 2.84. The van der Waals surface area contributed by atoms with Gasteiger partial charge in [0.2, 0.25) is 0 Å². The Hall–Kier alpha value is -1.20. The van der Waals surface area contributed by atoms with Gasteiger partial charge in [0.1, 0.15) is 5.69 Å². The van der Waals surface area contributed by atoms with E-state index in [4.69, 9.17) is 5.73 Å². The zero-order valence-corrected chi connectivity index (χ0v) is 10.6. The summed E-state index contributed by atoms with van der Waals surface area (Å²) in [5.41, 5.74) is 8.60. The second-order valence-electron chi connectivity index (χ2n) is 3.38.